The Morgan fingerprint density at radius 1 is 1.52 bits per heavy atom. The summed E-state index contributed by atoms with van der Waals surface area (Å²) < 4.78 is 6.09. The van der Waals surface area contributed by atoms with Crippen LogP contribution in [0, 0.1) is 0 Å². The maximum Gasteiger partial charge on any atom is 0.222 e. The molecule has 1 aliphatic rings. The number of benzene rings is 1. The van der Waals surface area contributed by atoms with E-state index in [1.54, 1.807) is 18.9 Å². The van der Waals surface area contributed by atoms with Crippen molar-refractivity contribution in [3.05, 3.63) is 28.2 Å². The predicted molar refractivity (Wildman–Crippen MR) is 85.5 cm³/mol. The van der Waals surface area contributed by atoms with Crippen LogP contribution in [0.5, 0.6) is 5.75 Å². The molecule has 21 heavy (non-hydrogen) atoms. The number of piperidine rings is 1. The molecule has 1 unspecified atom stereocenters. The normalized spacial score (nSPS) is 22.2. The Morgan fingerprint density at radius 3 is 2.90 bits per heavy atom. The average molecular weight is 356 g/mol. The molecule has 5 heteroatoms. The van der Waals surface area contributed by atoms with Gasteiger partial charge in [-0.1, -0.05) is 6.07 Å². The summed E-state index contributed by atoms with van der Waals surface area (Å²) in [6, 6.07) is 5.86. The summed E-state index contributed by atoms with van der Waals surface area (Å²) in [5.41, 5.74) is 0.358. The Bertz CT molecular complexity index is 516. The van der Waals surface area contributed by atoms with Gasteiger partial charge in [-0.15, -0.1) is 0 Å². The van der Waals surface area contributed by atoms with Crippen molar-refractivity contribution < 1.29 is 14.6 Å². The molecule has 0 spiro atoms. The summed E-state index contributed by atoms with van der Waals surface area (Å²) >= 11 is 3.45. The van der Waals surface area contributed by atoms with E-state index in [-0.39, 0.29) is 5.91 Å². The molecule has 1 aromatic rings. The lowest BCUT2D eigenvalue weighted by Crippen LogP contribution is -2.48. The van der Waals surface area contributed by atoms with E-state index in [9.17, 15) is 9.90 Å². The highest BCUT2D eigenvalue weighted by Gasteiger charge is 2.30. The van der Waals surface area contributed by atoms with Crippen LogP contribution < -0.4 is 4.74 Å². The van der Waals surface area contributed by atoms with Gasteiger partial charge in [0.25, 0.3) is 0 Å². The van der Waals surface area contributed by atoms with Crippen molar-refractivity contribution in [2.45, 2.75) is 38.2 Å². The number of halogens is 1. The molecule has 0 saturated carbocycles. The summed E-state index contributed by atoms with van der Waals surface area (Å²) in [6.07, 6.45) is 2.80. The van der Waals surface area contributed by atoms with E-state index in [4.69, 9.17) is 4.74 Å². The number of aryl methyl sites for hydroxylation is 1. The van der Waals surface area contributed by atoms with Gasteiger partial charge in [-0.25, -0.2) is 0 Å². The van der Waals surface area contributed by atoms with E-state index in [0.29, 0.717) is 19.4 Å². The summed E-state index contributed by atoms with van der Waals surface area (Å²) in [7, 11) is 1.63. The van der Waals surface area contributed by atoms with Crippen molar-refractivity contribution in [2.24, 2.45) is 0 Å². The summed E-state index contributed by atoms with van der Waals surface area (Å²) in [4.78, 5) is 14.0. The molecule has 0 aromatic heterocycles. The maximum absolute atomic E-state index is 12.2. The lowest BCUT2D eigenvalue weighted by molar-refractivity contribution is -0.137. The van der Waals surface area contributed by atoms with Crippen molar-refractivity contribution in [3.63, 3.8) is 0 Å². The van der Waals surface area contributed by atoms with Crippen molar-refractivity contribution in [3.8, 4) is 5.75 Å². The van der Waals surface area contributed by atoms with Crippen LogP contribution in [-0.4, -0.2) is 41.7 Å². The van der Waals surface area contributed by atoms with Crippen molar-refractivity contribution in [2.75, 3.05) is 20.2 Å². The zero-order valence-electron chi connectivity index (χ0n) is 12.6. The summed E-state index contributed by atoms with van der Waals surface area (Å²) in [5, 5.41) is 10.1. The highest BCUT2D eigenvalue weighted by molar-refractivity contribution is 9.10. The smallest absolute Gasteiger partial charge is 0.222 e. The number of aliphatic hydroxyl groups is 1. The second-order valence-corrected chi connectivity index (χ2v) is 6.74. The Morgan fingerprint density at radius 2 is 2.29 bits per heavy atom. The van der Waals surface area contributed by atoms with E-state index >= 15 is 0 Å². The van der Waals surface area contributed by atoms with Gasteiger partial charge in [0.1, 0.15) is 5.75 Å². The topological polar surface area (TPSA) is 49.8 Å². The number of methoxy groups -OCH3 is 1. The first kappa shape index (κ1) is 16.3. The maximum atomic E-state index is 12.2. The number of likely N-dealkylation sites (tertiary alicyclic amines) is 1. The third-order valence-corrected chi connectivity index (χ3v) is 4.49. The molecule has 1 aromatic carbocycles. The second-order valence-electron chi connectivity index (χ2n) is 5.88. The molecular weight excluding hydrogens is 334 g/mol. The van der Waals surface area contributed by atoms with Crippen LogP contribution in [0.3, 0.4) is 0 Å². The van der Waals surface area contributed by atoms with Crippen molar-refractivity contribution >= 4 is 21.8 Å². The number of hydrogen-bond acceptors (Lipinski definition) is 3. The van der Waals surface area contributed by atoms with E-state index in [1.165, 1.54) is 0 Å². The Hall–Kier alpha value is -1.07. The molecule has 1 saturated heterocycles. The Labute approximate surface area is 134 Å². The van der Waals surface area contributed by atoms with E-state index in [1.807, 2.05) is 18.2 Å². The van der Waals surface area contributed by atoms with Crippen molar-refractivity contribution in [1.82, 2.24) is 4.90 Å². The monoisotopic (exact) mass is 355 g/mol. The number of carbonyl (C=O) groups is 1. The quantitative estimate of drug-likeness (QED) is 0.903. The van der Waals surface area contributed by atoms with Gasteiger partial charge < -0.3 is 14.7 Å². The molecule has 0 aliphatic carbocycles. The van der Waals surface area contributed by atoms with Crippen LogP contribution in [0.2, 0.25) is 0 Å². The van der Waals surface area contributed by atoms with E-state index < -0.39 is 5.60 Å². The minimum Gasteiger partial charge on any atom is -0.496 e. The molecule has 1 heterocycles. The van der Waals surface area contributed by atoms with E-state index in [0.717, 1.165) is 35.2 Å². The largest absolute Gasteiger partial charge is 0.496 e. The lowest BCUT2D eigenvalue weighted by Gasteiger charge is -2.36. The molecule has 1 aliphatic heterocycles. The number of β-amino-alcohol motifs (C(OH)–C–C–N with tert-alkyl or cyclic N) is 1. The SMILES string of the molecule is COc1ccc(CCC(=O)N2CCCC(C)(O)C2)cc1Br. The molecule has 0 bridgehead atoms. The number of carbonyl (C=O) groups excluding carboxylic acids is 1. The first-order valence-electron chi connectivity index (χ1n) is 7.24. The second kappa shape index (κ2) is 6.79. The molecule has 1 atom stereocenters. The van der Waals surface area contributed by atoms with E-state index in [2.05, 4.69) is 15.9 Å². The van der Waals surface area contributed by atoms with Gasteiger partial charge in [0, 0.05) is 19.5 Å². The number of ether oxygens (including phenoxy) is 1. The number of hydrogen-bond donors (Lipinski definition) is 1. The molecule has 116 valence electrons. The number of amides is 1. The standard InChI is InChI=1S/C16H22BrNO3/c1-16(20)8-3-9-18(11-16)15(19)7-5-12-4-6-14(21-2)13(17)10-12/h4,6,10,20H,3,5,7-9,11H2,1-2H3. The third-order valence-electron chi connectivity index (χ3n) is 3.87. The molecule has 2 rings (SSSR count). The first-order valence-corrected chi connectivity index (χ1v) is 8.03. The van der Waals surface area contributed by atoms with Gasteiger partial charge in [0.05, 0.1) is 17.2 Å². The number of nitrogens with zero attached hydrogens (tertiary/aromatic N) is 1. The van der Waals surface area contributed by atoms with Crippen LogP contribution in [0.4, 0.5) is 0 Å². The summed E-state index contributed by atoms with van der Waals surface area (Å²) in [6.45, 7) is 2.99. The molecular formula is C16H22BrNO3. The fraction of sp³-hybridized carbons (Fsp3) is 0.562. The summed E-state index contributed by atoms with van der Waals surface area (Å²) in [5.74, 6) is 0.902. The van der Waals surface area contributed by atoms with Gasteiger partial charge in [-0.05, 0) is 59.8 Å². The zero-order valence-corrected chi connectivity index (χ0v) is 14.1. The van der Waals surface area contributed by atoms with Gasteiger partial charge in [-0.2, -0.15) is 0 Å². The molecule has 1 N–H and O–H groups in total. The van der Waals surface area contributed by atoms with Gasteiger partial charge in [-0.3, -0.25) is 4.79 Å². The van der Waals surface area contributed by atoms with Crippen LogP contribution in [0.15, 0.2) is 22.7 Å². The fourth-order valence-corrected chi connectivity index (χ4v) is 3.30. The van der Waals surface area contributed by atoms with Gasteiger partial charge in [0.15, 0.2) is 0 Å². The molecule has 1 fully saturated rings. The third kappa shape index (κ3) is 4.45. The predicted octanol–water partition coefficient (Wildman–Crippen LogP) is 2.76. The minimum absolute atomic E-state index is 0.113. The molecule has 4 nitrogen and oxygen atoms in total. The fourth-order valence-electron chi connectivity index (χ4n) is 2.71. The first-order chi connectivity index (χ1) is 9.91. The molecule has 0 radical (unpaired) electrons. The van der Waals surface area contributed by atoms with Crippen LogP contribution in [0.25, 0.3) is 0 Å². The lowest BCUT2D eigenvalue weighted by atomic mass is 9.95. The van der Waals surface area contributed by atoms with Gasteiger partial charge >= 0.3 is 0 Å². The zero-order chi connectivity index (χ0) is 15.5. The van der Waals surface area contributed by atoms with Crippen molar-refractivity contribution in [1.29, 1.82) is 0 Å². The average Bonchev–Trinajstić information content (AvgIpc) is 2.43. The molecule has 1 amide bonds. The Kier molecular flexibility index (Phi) is 5.27. The highest BCUT2D eigenvalue weighted by Crippen LogP contribution is 2.26. The van der Waals surface area contributed by atoms with Crippen LogP contribution in [-0.2, 0) is 11.2 Å². The van der Waals surface area contributed by atoms with Crippen LogP contribution in [0.1, 0.15) is 31.7 Å². The van der Waals surface area contributed by atoms with Crippen LogP contribution >= 0.6 is 15.9 Å². The minimum atomic E-state index is -0.739. The Balaban J connectivity index is 1.90. The van der Waals surface area contributed by atoms with Gasteiger partial charge in [0.2, 0.25) is 5.91 Å². The highest BCUT2D eigenvalue weighted by atomic mass is 79.9. The number of rotatable bonds is 4.